The van der Waals surface area contributed by atoms with Crippen LogP contribution < -0.4 is 15.2 Å². The molecule has 2 saturated heterocycles. The normalized spacial score (nSPS) is 18.8. The maximum Gasteiger partial charge on any atom is 0.393 e. The molecule has 2 atom stereocenters. The van der Waals surface area contributed by atoms with Crippen molar-refractivity contribution in [2.24, 2.45) is 11.7 Å². The Labute approximate surface area is 268 Å². The number of ether oxygens (including phenoxy) is 3. The van der Waals surface area contributed by atoms with Crippen molar-refractivity contribution in [1.29, 1.82) is 5.41 Å². The number of methoxy groups -OCH3 is 2. The molecule has 3 N–H and O–H groups in total. The third kappa shape index (κ3) is 7.16. The first-order valence-corrected chi connectivity index (χ1v) is 15.6. The number of morpholine rings is 1. The highest BCUT2D eigenvalue weighted by Gasteiger charge is 2.52. The summed E-state index contributed by atoms with van der Waals surface area (Å²) < 4.78 is 61.2. The van der Waals surface area contributed by atoms with E-state index in [0.717, 1.165) is 10.2 Å². The summed E-state index contributed by atoms with van der Waals surface area (Å²) in [5.41, 5.74) is 7.09. The molecular weight excluding hydrogens is 625 g/mol. The maximum atomic E-state index is 14.6. The predicted molar refractivity (Wildman–Crippen MR) is 165 cm³/mol. The van der Waals surface area contributed by atoms with Gasteiger partial charge in [-0.3, -0.25) is 19.9 Å². The molecule has 0 aliphatic carbocycles. The van der Waals surface area contributed by atoms with Crippen LogP contribution >= 0.6 is 11.8 Å². The van der Waals surface area contributed by atoms with Crippen LogP contribution in [0.1, 0.15) is 33.1 Å². The van der Waals surface area contributed by atoms with Gasteiger partial charge in [0.15, 0.2) is 5.75 Å². The summed E-state index contributed by atoms with van der Waals surface area (Å²) in [4.78, 5) is 30.0. The third-order valence-corrected chi connectivity index (χ3v) is 9.20. The minimum absolute atomic E-state index is 0.0103. The molecular formula is C31H35F3N6O5S. The quantitative estimate of drug-likeness (QED) is 0.190. The molecule has 2 aliphatic heterocycles. The van der Waals surface area contributed by atoms with Gasteiger partial charge in [0.1, 0.15) is 22.3 Å². The van der Waals surface area contributed by atoms with E-state index in [4.69, 9.17) is 25.4 Å². The summed E-state index contributed by atoms with van der Waals surface area (Å²) in [6.07, 6.45) is -4.60. The molecule has 3 heterocycles. The summed E-state index contributed by atoms with van der Waals surface area (Å²) in [6, 6.07) is 13.5. The van der Waals surface area contributed by atoms with Crippen LogP contribution in [0, 0.1) is 11.3 Å². The summed E-state index contributed by atoms with van der Waals surface area (Å²) in [7, 11) is 2.75. The molecule has 2 aliphatic rings. The number of thioether (sulfide) groups is 1. The lowest BCUT2D eigenvalue weighted by Gasteiger charge is -2.28. The largest absolute Gasteiger partial charge is 0.496 e. The molecule has 3 aromatic rings. The Morgan fingerprint density at radius 2 is 1.76 bits per heavy atom. The Kier molecular flexibility index (Phi) is 10.2. The number of rotatable bonds is 10. The number of benzene rings is 2. The number of nitrogens with zero attached hydrogens (tertiary/aromatic N) is 4. The fourth-order valence-electron chi connectivity index (χ4n) is 5.70. The van der Waals surface area contributed by atoms with Gasteiger partial charge in [-0.25, -0.2) is 0 Å². The lowest BCUT2D eigenvalue weighted by Crippen LogP contribution is -2.45. The smallest absolute Gasteiger partial charge is 0.393 e. The highest BCUT2D eigenvalue weighted by molar-refractivity contribution is 7.98. The van der Waals surface area contributed by atoms with Crippen LogP contribution in [-0.2, 0) is 15.3 Å². The molecule has 1 aromatic heterocycles. The highest BCUT2D eigenvalue weighted by atomic mass is 32.2. The number of carbonyl (C=O) groups is 2. The zero-order valence-corrected chi connectivity index (χ0v) is 26.2. The number of para-hydroxylation sites is 1. The van der Waals surface area contributed by atoms with Crippen molar-refractivity contribution in [3.05, 3.63) is 70.9 Å². The number of amides is 1. The molecule has 46 heavy (non-hydrogen) atoms. The zero-order chi connectivity index (χ0) is 33.0. The van der Waals surface area contributed by atoms with Gasteiger partial charge in [0, 0.05) is 43.4 Å². The molecule has 2 fully saturated rings. The van der Waals surface area contributed by atoms with Crippen LogP contribution in [0.2, 0.25) is 0 Å². The Morgan fingerprint density at radius 1 is 1.07 bits per heavy atom. The third-order valence-electron chi connectivity index (χ3n) is 8.09. The molecule has 1 amide bonds. The number of likely N-dealkylation sites (tertiary alicyclic amines) is 1. The van der Waals surface area contributed by atoms with Crippen LogP contribution in [0.15, 0.2) is 53.6 Å². The highest BCUT2D eigenvalue weighted by Crippen LogP contribution is 2.47. The van der Waals surface area contributed by atoms with Gasteiger partial charge in [0.25, 0.3) is 5.91 Å². The van der Waals surface area contributed by atoms with Crippen molar-refractivity contribution in [2.45, 2.75) is 22.9 Å². The van der Waals surface area contributed by atoms with Crippen LogP contribution in [0.5, 0.6) is 11.5 Å². The van der Waals surface area contributed by atoms with Crippen LogP contribution in [0.3, 0.4) is 0 Å². The van der Waals surface area contributed by atoms with Crippen LogP contribution in [0.25, 0.3) is 0 Å². The average molecular weight is 661 g/mol. The standard InChI is InChI=1S/C31H35F3N6O5S/c1-43-24-6-4-3-5-21(24)29(42)40-30(46-18-19-7-9-20(10-8-19)28(35)36)27(44-2)26(37-40)22-15-38(16-23(22)31(32,33)34)17-25(41)39-11-13-45-14-12-39/h3-10,22-23H,11-18H2,1-2H3,(H3,35,36). The number of carbonyl (C=O) groups excluding carboxylic acids is 2. The number of nitrogens with two attached hydrogens (primary N) is 1. The van der Waals surface area contributed by atoms with E-state index in [9.17, 15) is 22.8 Å². The first-order chi connectivity index (χ1) is 22.0. The van der Waals surface area contributed by atoms with Gasteiger partial charge in [0.2, 0.25) is 5.91 Å². The lowest BCUT2D eigenvalue weighted by molar-refractivity contribution is -0.174. The van der Waals surface area contributed by atoms with E-state index in [2.05, 4.69) is 5.10 Å². The van der Waals surface area contributed by atoms with E-state index in [1.165, 1.54) is 30.9 Å². The second-order valence-electron chi connectivity index (χ2n) is 11.0. The van der Waals surface area contributed by atoms with E-state index in [-0.39, 0.29) is 52.6 Å². The second kappa shape index (κ2) is 14.1. The van der Waals surface area contributed by atoms with E-state index >= 15 is 0 Å². The van der Waals surface area contributed by atoms with Crippen molar-refractivity contribution in [2.75, 3.05) is 60.2 Å². The number of hydrogen-bond acceptors (Lipinski definition) is 9. The first kappa shape index (κ1) is 33.3. The van der Waals surface area contributed by atoms with Gasteiger partial charge < -0.3 is 24.8 Å². The summed E-state index contributed by atoms with van der Waals surface area (Å²) in [5.74, 6) is -3.34. The Morgan fingerprint density at radius 3 is 2.39 bits per heavy atom. The van der Waals surface area contributed by atoms with E-state index in [1.807, 2.05) is 0 Å². The number of hydrogen-bond donors (Lipinski definition) is 2. The van der Waals surface area contributed by atoms with Gasteiger partial charge in [-0.15, -0.1) is 0 Å². The lowest BCUT2D eigenvalue weighted by atomic mass is 9.92. The van der Waals surface area contributed by atoms with Gasteiger partial charge in [-0.05, 0) is 17.7 Å². The van der Waals surface area contributed by atoms with E-state index < -0.39 is 30.5 Å². The molecule has 5 rings (SSSR count). The number of amidine groups is 1. The number of aromatic nitrogens is 2. The fourth-order valence-corrected chi connectivity index (χ4v) is 6.76. The molecule has 11 nitrogen and oxygen atoms in total. The van der Waals surface area contributed by atoms with Gasteiger partial charge in [0.05, 0.1) is 45.5 Å². The summed E-state index contributed by atoms with van der Waals surface area (Å²) >= 11 is 1.18. The van der Waals surface area contributed by atoms with Crippen molar-refractivity contribution < 1.29 is 37.0 Å². The van der Waals surface area contributed by atoms with Crippen molar-refractivity contribution in [1.82, 2.24) is 19.6 Å². The van der Waals surface area contributed by atoms with Crippen LogP contribution in [-0.4, -0.2) is 104 Å². The number of halogens is 3. The first-order valence-electron chi connectivity index (χ1n) is 14.6. The average Bonchev–Trinajstić information content (AvgIpc) is 3.65. The predicted octanol–water partition coefficient (Wildman–Crippen LogP) is 3.60. The Hall–Kier alpha value is -4.08. The zero-order valence-electron chi connectivity index (χ0n) is 25.4. The van der Waals surface area contributed by atoms with Crippen LogP contribution in [0.4, 0.5) is 13.2 Å². The van der Waals surface area contributed by atoms with Gasteiger partial charge >= 0.3 is 6.18 Å². The van der Waals surface area contributed by atoms with E-state index in [0.29, 0.717) is 37.6 Å². The molecule has 2 aromatic carbocycles. The SMILES string of the molecule is COc1ccccc1C(=O)n1nc(C2CN(CC(=O)N3CCOCC3)CC2C(F)(F)F)c(OC)c1SCc1ccc(C(=N)N)cc1. The van der Waals surface area contributed by atoms with Crippen molar-refractivity contribution in [3.8, 4) is 11.5 Å². The molecule has 0 bridgehead atoms. The Bertz CT molecular complexity index is 1580. The number of nitrogens with one attached hydrogen (secondary N) is 1. The minimum atomic E-state index is -4.60. The van der Waals surface area contributed by atoms with Gasteiger partial charge in [-0.2, -0.15) is 23.0 Å². The molecule has 0 saturated carbocycles. The summed E-state index contributed by atoms with van der Waals surface area (Å²) in [5, 5.41) is 12.4. The van der Waals surface area contributed by atoms with E-state index in [1.54, 1.807) is 53.4 Å². The maximum absolute atomic E-state index is 14.6. The van der Waals surface area contributed by atoms with Crippen molar-refractivity contribution in [3.63, 3.8) is 0 Å². The molecule has 0 spiro atoms. The number of nitrogen functional groups attached to an aromatic ring is 1. The molecule has 246 valence electrons. The topological polar surface area (TPSA) is 136 Å². The van der Waals surface area contributed by atoms with Gasteiger partial charge in [-0.1, -0.05) is 48.2 Å². The molecule has 15 heteroatoms. The summed E-state index contributed by atoms with van der Waals surface area (Å²) in [6.45, 7) is 0.870. The Balaban J connectivity index is 1.52. The monoisotopic (exact) mass is 660 g/mol. The molecule has 2 unspecified atom stereocenters. The molecule has 0 radical (unpaired) electrons. The minimum Gasteiger partial charge on any atom is -0.496 e. The number of alkyl halides is 3. The second-order valence-corrected chi connectivity index (χ2v) is 11.9. The fraction of sp³-hybridized carbons (Fsp3) is 0.419. The van der Waals surface area contributed by atoms with Crippen molar-refractivity contribution >= 4 is 29.4 Å².